The average molecular weight is 286 g/mol. The third-order valence-electron chi connectivity index (χ3n) is 2.46. The Balaban J connectivity index is 2.64. The molecule has 0 radical (unpaired) electrons. The van der Waals surface area contributed by atoms with Crippen LogP contribution in [0.3, 0.4) is 0 Å². The van der Waals surface area contributed by atoms with Gasteiger partial charge >= 0.3 is 0 Å². The first-order valence-corrected chi connectivity index (χ1v) is 7.33. The van der Waals surface area contributed by atoms with Crippen LogP contribution in [0.2, 0.25) is 0 Å². The van der Waals surface area contributed by atoms with Crippen molar-refractivity contribution in [3.8, 4) is 0 Å². The zero-order valence-corrected chi connectivity index (χ0v) is 11.7. The SMILES string of the molecule is CC(=O)NCCNS(=O)(=O)c1ccc(C(C)O)cc1. The molecule has 0 aliphatic heterocycles. The zero-order chi connectivity index (χ0) is 14.5. The van der Waals surface area contributed by atoms with E-state index in [0.29, 0.717) is 5.56 Å². The summed E-state index contributed by atoms with van der Waals surface area (Å²) >= 11 is 0. The van der Waals surface area contributed by atoms with Gasteiger partial charge in [-0.2, -0.15) is 0 Å². The number of rotatable bonds is 6. The summed E-state index contributed by atoms with van der Waals surface area (Å²) in [6, 6.07) is 5.99. The summed E-state index contributed by atoms with van der Waals surface area (Å²) < 4.78 is 26.1. The molecule has 0 fully saturated rings. The van der Waals surface area contributed by atoms with E-state index in [2.05, 4.69) is 10.0 Å². The average Bonchev–Trinajstić information content (AvgIpc) is 2.34. The van der Waals surface area contributed by atoms with Gasteiger partial charge in [-0.1, -0.05) is 12.1 Å². The van der Waals surface area contributed by atoms with Crippen molar-refractivity contribution in [1.82, 2.24) is 10.0 Å². The lowest BCUT2D eigenvalue weighted by Crippen LogP contribution is -2.33. The second-order valence-corrected chi connectivity index (χ2v) is 5.89. The summed E-state index contributed by atoms with van der Waals surface area (Å²) in [4.78, 5) is 10.8. The van der Waals surface area contributed by atoms with Crippen LogP contribution in [0.4, 0.5) is 0 Å². The van der Waals surface area contributed by atoms with Crippen molar-refractivity contribution < 1.29 is 18.3 Å². The Morgan fingerprint density at radius 2 is 1.84 bits per heavy atom. The monoisotopic (exact) mass is 286 g/mol. The molecule has 1 atom stereocenters. The molecule has 0 saturated carbocycles. The van der Waals surface area contributed by atoms with E-state index in [1.807, 2.05) is 0 Å². The summed E-state index contributed by atoms with van der Waals surface area (Å²) in [5, 5.41) is 11.8. The van der Waals surface area contributed by atoms with Crippen LogP contribution in [-0.2, 0) is 14.8 Å². The lowest BCUT2D eigenvalue weighted by molar-refractivity contribution is -0.118. The highest BCUT2D eigenvalue weighted by molar-refractivity contribution is 7.89. The molecule has 6 nitrogen and oxygen atoms in total. The van der Waals surface area contributed by atoms with Crippen molar-refractivity contribution in [2.45, 2.75) is 24.8 Å². The van der Waals surface area contributed by atoms with Gasteiger partial charge in [0.1, 0.15) is 0 Å². The number of benzene rings is 1. The number of nitrogens with one attached hydrogen (secondary N) is 2. The first-order chi connectivity index (χ1) is 8.83. The van der Waals surface area contributed by atoms with Crippen LogP contribution in [0.1, 0.15) is 25.5 Å². The highest BCUT2D eigenvalue weighted by Crippen LogP contribution is 2.15. The Morgan fingerprint density at radius 1 is 1.26 bits per heavy atom. The van der Waals surface area contributed by atoms with Crippen LogP contribution < -0.4 is 10.0 Å². The molecule has 1 aromatic rings. The van der Waals surface area contributed by atoms with Gasteiger partial charge in [-0.05, 0) is 24.6 Å². The summed E-state index contributed by atoms with van der Waals surface area (Å²) in [7, 11) is -3.58. The van der Waals surface area contributed by atoms with E-state index in [1.54, 1.807) is 19.1 Å². The fourth-order valence-corrected chi connectivity index (χ4v) is 2.46. The van der Waals surface area contributed by atoms with Gasteiger partial charge < -0.3 is 10.4 Å². The summed E-state index contributed by atoms with van der Waals surface area (Å²) in [6.07, 6.45) is -0.635. The number of sulfonamides is 1. The van der Waals surface area contributed by atoms with Gasteiger partial charge in [-0.25, -0.2) is 13.1 Å². The number of hydrogen-bond acceptors (Lipinski definition) is 4. The first-order valence-electron chi connectivity index (χ1n) is 5.85. The van der Waals surface area contributed by atoms with Crippen molar-refractivity contribution in [3.63, 3.8) is 0 Å². The van der Waals surface area contributed by atoms with Gasteiger partial charge in [0.15, 0.2) is 0 Å². The molecule has 0 aliphatic rings. The highest BCUT2D eigenvalue weighted by atomic mass is 32.2. The van der Waals surface area contributed by atoms with E-state index in [-0.39, 0.29) is 23.9 Å². The van der Waals surface area contributed by atoms with Gasteiger partial charge in [0.05, 0.1) is 11.0 Å². The van der Waals surface area contributed by atoms with E-state index >= 15 is 0 Å². The second-order valence-electron chi connectivity index (χ2n) is 4.13. The topological polar surface area (TPSA) is 95.5 Å². The fourth-order valence-electron chi connectivity index (χ4n) is 1.43. The van der Waals surface area contributed by atoms with Crippen molar-refractivity contribution in [2.75, 3.05) is 13.1 Å². The lowest BCUT2D eigenvalue weighted by atomic mass is 10.1. The van der Waals surface area contributed by atoms with Gasteiger partial charge in [-0.3, -0.25) is 4.79 Å². The minimum atomic E-state index is -3.58. The Bertz CT molecular complexity index is 523. The molecule has 0 spiro atoms. The quantitative estimate of drug-likeness (QED) is 0.649. The maximum Gasteiger partial charge on any atom is 0.240 e. The molecule has 0 bridgehead atoms. The van der Waals surface area contributed by atoms with Crippen molar-refractivity contribution in [3.05, 3.63) is 29.8 Å². The van der Waals surface area contributed by atoms with Crippen LogP contribution in [0.25, 0.3) is 0 Å². The summed E-state index contributed by atoms with van der Waals surface area (Å²) in [6.45, 7) is 3.33. The van der Waals surface area contributed by atoms with Crippen molar-refractivity contribution in [2.24, 2.45) is 0 Å². The number of carbonyl (C=O) groups is 1. The molecule has 1 unspecified atom stereocenters. The van der Waals surface area contributed by atoms with E-state index < -0.39 is 16.1 Å². The van der Waals surface area contributed by atoms with E-state index in [4.69, 9.17) is 0 Å². The van der Waals surface area contributed by atoms with Crippen LogP contribution >= 0.6 is 0 Å². The van der Waals surface area contributed by atoms with Gasteiger partial charge in [0, 0.05) is 20.0 Å². The molecular formula is C12H18N2O4S. The normalized spacial score (nSPS) is 13.0. The molecule has 1 aromatic carbocycles. The molecular weight excluding hydrogens is 268 g/mol. The van der Waals surface area contributed by atoms with E-state index in [9.17, 15) is 18.3 Å². The number of carbonyl (C=O) groups excluding carboxylic acids is 1. The predicted molar refractivity (Wildman–Crippen MR) is 70.9 cm³/mol. The molecule has 3 N–H and O–H groups in total. The Morgan fingerprint density at radius 3 is 2.32 bits per heavy atom. The Kier molecular flexibility index (Phi) is 5.46. The van der Waals surface area contributed by atoms with Crippen LogP contribution in [0.5, 0.6) is 0 Å². The first kappa shape index (κ1) is 15.6. The third-order valence-corrected chi connectivity index (χ3v) is 3.94. The van der Waals surface area contributed by atoms with Gasteiger partial charge in [-0.15, -0.1) is 0 Å². The molecule has 0 saturated heterocycles. The molecule has 19 heavy (non-hydrogen) atoms. The smallest absolute Gasteiger partial charge is 0.240 e. The zero-order valence-electron chi connectivity index (χ0n) is 10.9. The number of aliphatic hydroxyl groups is 1. The number of hydrogen-bond donors (Lipinski definition) is 3. The van der Waals surface area contributed by atoms with Crippen LogP contribution in [0.15, 0.2) is 29.2 Å². The molecule has 0 heterocycles. The maximum atomic E-state index is 11.9. The predicted octanol–water partition coefficient (Wildman–Crippen LogP) is 0.154. The second kappa shape index (κ2) is 6.65. The molecule has 0 aromatic heterocycles. The molecule has 7 heteroatoms. The molecule has 1 amide bonds. The van der Waals surface area contributed by atoms with Crippen molar-refractivity contribution >= 4 is 15.9 Å². The number of amides is 1. The van der Waals surface area contributed by atoms with Crippen LogP contribution in [0, 0.1) is 0 Å². The maximum absolute atomic E-state index is 11.9. The van der Waals surface area contributed by atoms with Gasteiger partial charge in [0.25, 0.3) is 0 Å². The highest BCUT2D eigenvalue weighted by Gasteiger charge is 2.13. The standard InChI is InChI=1S/C12H18N2O4S/c1-9(15)11-3-5-12(6-4-11)19(17,18)14-8-7-13-10(2)16/h3-6,9,14-15H,7-8H2,1-2H3,(H,13,16). The van der Waals surface area contributed by atoms with Gasteiger partial charge in [0.2, 0.25) is 15.9 Å². The summed E-state index contributed by atoms with van der Waals surface area (Å²) in [5.74, 6) is -0.208. The van der Waals surface area contributed by atoms with Crippen LogP contribution in [-0.4, -0.2) is 32.5 Å². The minimum Gasteiger partial charge on any atom is -0.389 e. The summed E-state index contributed by atoms with van der Waals surface area (Å²) in [5.41, 5.74) is 0.650. The fraction of sp³-hybridized carbons (Fsp3) is 0.417. The Labute approximate surface area is 112 Å². The molecule has 0 aliphatic carbocycles. The Hall–Kier alpha value is -1.44. The van der Waals surface area contributed by atoms with E-state index in [1.165, 1.54) is 19.1 Å². The molecule has 1 rings (SSSR count). The lowest BCUT2D eigenvalue weighted by Gasteiger charge is -2.09. The third kappa shape index (κ3) is 4.98. The largest absolute Gasteiger partial charge is 0.389 e. The number of aliphatic hydroxyl groups excluding tert-OH is 1. The minimum absolute atomic E-state index is 0.125. The van der Waals surface area contributed by atoms with E-state index in [0.717, 1.165) is 0 Å². The molecule has 106 valence electrons. The van der Waals surface area contributed by atoms with Crippen molar-refractivity contribution in [1.29, 1.82) is 0 Å².